The van der Waals surface area contributed by atoms with Crippen molar-refractivity contribution in [2.24, 2.45) is 16.8 Å². The maximum atomic E-state index is 11.2. The van der Waals surface area contributed by atoms with Gasteiger partial charge in [0.15, 0.2) is 0 Å². The zero-order chi connectivity index (χ0) is 11.9. The van der Waals surface area contributed by atoms with Crippen molar-refractivity contribution >= 4 is 15.9 Å². The van der Waals surface area contributed by atoms with E-state index in [1.807, 2.05) is 6.92 Å². The van der Waals surface area contributed by atoms with Crippen molar-refractivity contribution in [2.75, 3.05) is 18.8 Å². The molecule has 0 rings (SSSR count). The lowest BCUT2D eigenvalue weighted by Gasteiger charge is -2.08. The number of hydrogen-bond acceptors (Lipinski definition) is 4. The second-order valence-electron chi connectivity index (χ2n) is 3.62. The van der Waals surface area contributed by atoms with Crippen molar-refractivity contribution in [3.8, 4) is 0 Å². The summed E-state index contributed by atoms with van der Waals surface area (Å²) in [4.78, 5) is 11.2. The minimum Gasteiger partial charge on any atom is -0.356 e. The molecule has 0 aliphatic carbocycles. The second-order valence-corrected chi connectivity index (χ2v) is 5.35. The van der Waals surface area contributed by atoms with Gasteiger partial charge < -0.3 is 11.1 Å². The number of primary sulfonamides is 1. The number of nitrogens with one attached hydrogen (secondary N) is 1. The van der Waals surface area contributed by atoms with Crippen LogP contribution >= 0.6 is 0 Å². The molecular formula is C8H19N3O3S. The number of hydrogen-bond donors (Lipinski definition) is 3. The Morgan fingerprint density at radius 3 is 2.53 bits per heavy atom. The number of nitrogens with two attached hydrogens (primary N) is 2. The molecule has 90 valence electrons. The predicted molar refractivity (Wildman–Crippen MR) is 58.4 cm³/mol. The standard InChI is InChI=1S/C8H19N3O3S/c1-7(6-9)5-8(12)11-3-2-4-15(10,13)14/h7H,2-6,9H2,1H3,(H,11,12)(H2,10,13,14). The van der Waals surface area contributed by atoms with Crippen molar-refractivity contribution in [1.29, 1.82) is 0 Å². The molecule has 0 aromatic rings. The van der Waals surface area contributed by atoms with Crippen LogP contribution in [0.5, 0.6) is 0 Å². The zero-order valence-corrected chi connectivity index (χ0v) is 9.72. The third-order valence-electron chi connectivity index (χ3n) is 1.86. The van der Waals surface area contributed by atoms with Gasteiger partial charge in [-0.05, 0) is 18.9 Å². The van der Waals surface area contributed by atoms with Crippen LogP contribution in [0.1, 0.15) is 19.8 Å². The molecule has 0 saturated carbocycles. The van der Waals surface area contributed by atoms with Crippen molar-refractivity contribution in [1.82, 2.24) is 5.32 Å². The first-order valence-electron chi connectivity index (χ1n) is 4.82. The van der Waals surface area contributed by atoms with Crippen LogP contribution in [0, 0.1) is 5.92 Å². The van der Waals surface area contributed by atoms with Crippen molar-refractivity contribution < 1.29 is 13.2 Å². The maximum Gasteiger partial charge on any atom is 0.220 e. The molecule has 0 aromatic carbocycles. The Morgan fingerprint density at radius 1 is 1.47 bits per heavy atom. The van der Waals surface area contributed by atoms with Gasteiger partial charge in [-0.3, -0.25) is 4.79 Å². The van der Waals surface area contributed by atoms with Crippen molar-refractivity contribution in [3.63, 3.8) is 0 Å². The van der Waals surface area contributed by atoms with E-state index in [0.717, 1.165) is 0 Å². The van der Waals surface area contributed by atoms with E-state index in [4.69, 9.17) is 10.9 Å². The molecule has 1 unspecified atom stereocenters. The van der Waals surface area contributed by atoms with Crippen LogP contribution in [0.15, 0.2) is 0 Å². The van der Waals surface area contributed by atoms with Gasteiger partial charge in [0.1, 0.15) is 0 Å². The van der Waals surface area contributed by atoms with E-state index >= 15 is 0 Å². The smallest absolute Gasteiger partial charge is 0.220 e. The predicted octanol–water partition coefficient (Wildman–Crippen LogP) is -1.23. The molecular weight excluding hydrogens is 218 g/mol. The van der Waals surface area contributed by atoms with Gasteiger partial charge in [0.05, 0.1) is 5.75 Å². The zero-order valence-electron chi connectivity index (χ0n) is 8.90. The quantitative estimate of drug-likeness (QED) is 0.481. The van der Waals surface area contributed by atoms with Crippen molar-refractivity contribution in [3.05, 3.63) is 0 Å². The van der Waals surface area contributed by atoms with Gasteiger partial charge in [0.2, 0.25) is 15.9 Å². The number of carbonyl (C=O) groups excluding carboxylic acids is 1. The fraction of sp³-hybridized carbons (Fsp3) is 0.875. The lowest BCUT2D eigenvalue weighted by atomic mass is 10.1. The summed E-state index contributed by atoms with van der Waals surface area (Å²) in [6.45, 7) is 2.67. The number of carbonyl (C=O) groups is 1. The average molecular weight is 237 g/mol. The van der Waals surface area contributed by atoms with Crippen LogP contribution in [-0.2, 0) is 14.8 Å². The summed E-state index contributed by atoms with van der Waals surface area (Å²) >= 11 is 0. The Bertz CT molecular complexity index is 290. The number of sulfonamides is 1. The topological polar surface area (TPSA) is 115 Å². The molecule has 1 atom stereocenters. The van der Waals surface area contributed by atoms with Crippen LogP contribution in [-0.4, -0.2) is 33.2 Å². The second kappa shape index (κ2) is 6.76. The van der Waals surface area contributed by atoms with Crippen LogP contribution in [0.3, 0.4) is 0 Å². The highest BCUT2D eigenvalue weighted by Gasteiger charge is 2.07. The first kappa shape index (κ1) is 14.3. The molecule has 6 nitrogen and oxygen atoms in total. The first-order chi connectivity index (χ1) is 6.85. The Kier molecular flexibility index (Phi) is 6.46. The lowest BCUT2D eigenvalue weighted by molar-refractivity contribution is -0.121. The fourth-order valence-electron chi connectivity index (χ4n) is 0.973. The van der Waals surface area contributed by atoms with E-state index in [1.54, 1.807) is 0 Å². The molecule has 0 bridgehead atoms. The van der Waals surface area contributed by atoms with E-state index in [1.165, 1.54) is 0 Å². The Morgan fingerprint density at radius 2 is 2.07 bits per heavy atom. The molecule has 0 fully saturated rings. The van der Waals surface area contributed by atoms with Crippen LogP contribution in [0.2, 0.25) is 0 Å². The SMILES string of the molecule is CC(CN)CC(=O)NCCCS(N)(=O)=O. The van der Waals surface area contributed by atoms with E-state index in [9.17, 15) is 13.2 Å². The first-order valence-corrected chi connectivity index (χ1v) is 6.54. The Balaban J connectivity index is 3.56. The van der Waals surface area contributed by atoms with Gasteiger partial charge in [0, 0.05) is 13.0 Å². The van der Waals surface area contributed by atoms with E-state index in [2.05, 4.69) is 5.32 Å². The number of rotatable bonds is 7. The molecule has 0 aliphatic rings. The van der Waals surface area contributed by atoms with Gasteiger partial charge in [-0.2, -0.15) is 0 Å². The normalized spacial score (nSPS) is 13.5. The molecule has 0 spiro atoms. The average Bonchev–Trinajstić information content (AvgIpc) is 2.11. The fourth-order valence-corrected chi connectivity index (χ4v) is 1.52. The minimum absolute atomic E-state index is 0.109. The van der Waals surface area contributed by atoms with Crippen LogP contribution in [0.25, 0.3) is 0 Å². The molecule has 1 amide bonds. The van der Waals surface area contributed by atoms with Gasteiger partial charge in [-0.1, -0.05) is 6.92 Å². The summed E-state index contributed by atoms with van der Waals surface area (Å²) in [6, 6.07) is 0. The van der Waals surface area contributed by atoms with Gasteiger partial charge in [0.25, 0.3) is 0 Å². The summed E-state index contributed by atoms with van der Waals surface area (Å²) in [5.74, 6) is -0.0784. The van der Waals surface area contributed by atoms with Crippen molar-refractivity contribution in [2.45, 2.75) is 19.8 Å². The summed E-state index contributed by atoms with van der Waals surface area (Å²) in [7, 11) is -3.42. The van der Waals surface area contributed by atoms with E-state index in [-0.39, 0.29) is 17.6 Å². The highest BCUT2D eigenvalue weighted by molar-refractivity contribution is 7.89. The molecule has 0 aliphatic heterocycles. The summed E-state index contributed by atoms with van der Waals surface area (Å²) in [6.07, 6.45) is 0.702. The lowest BCUT2D eigenvalue weighted by Crippen LogP contribution is -2.29. The molecule has 0 heterocycles. The molecule has 15 heavy (non-hydrogen) atoms. The third-order valence-corrected chi connectivity index (χ3v) is 2.72. The van der Waals surface area contributed by atoms with Crippen LogP contribution < -0.4 is 16.2 Å². The van der Waals surface area contributed by atoms with Crippen LogP contribution in [0.4, 0.5) is 0 Å². The summed E-state index contributed by atoms with van der Waals surface area (Å²) in [5.41, 5.74) is 5.36. The van der Waals surface area contributed by atoms with E-state index < -0.39 is 10.0 Å². The molecule has 0 aromatic heterocycles. The molecule has 5 N–H and O–H groups in total. The molecule has 0 saturated heterocycles. The molecule has 7 heteroatoms. The largest absolute Gasteiger partial charge is 0.356 e. The third kappa shape index (κ3) is 9.64. The highest BCUT2D eigenvalue weighted by Crippen LogP contribution is 1.97. The summed E-state index contributed by atoms with van der Waals surface area (Å²) < 4.78 is 21.1. The Hall–Kier alpha value is -0.660. The van der Waals surface area contributed by atoms with Gasteiger partial charge in [-0.25, -0.2) is 13.6 Å². The summed E-state index contributed by atoms with van der Waals surface area (Å²) in [5, 5.41) is 7.40. The monoisotopic (exact) mass is 237 g/mol. The number of amides is 1. The van der Waals surface area contributed by atoms with E-state index in [0.29, 0.717) is 25.9 Å². The van der Waals surface area contributed by atoms with Gasteiger partial charge >= 0.3 is 0 Å². The maximum absolute atomic E-state index is 11.2. The highest BCUT2D eigenvalue weighted by atomic mass is 32.2. The Labute approximate surface area is 90.4 Å². The molecule has 0 radical (unpaired) electrons. The van der Waals surface area contributed by atoms with Gasteiger partial charge in [-0.15, -0.1) is 0 Å². The minimum atomic E-state index is -3.42.